The van der Waals surface area contributed by atoms with E-state index in [0.717, 1.165) is 16.7 Å². The normalized spacial score (nSPS) is 10.8. The molecule has 3 heteroatoms. The standard InChI is InChI=1S/C15H15N3/c1-16-13-5-3-4-11(8-13)12-6-7-15-14(9-12)17-10-18(15)2/h3-10,16H,1-2H3. The number of nitrogens with zero attached hydrogens (tertiary/aromatic N) is 2. The van der Waals surface area contributed by atoms with Crippen molar-refractivity contribution in [2.45, 2.75) is 0 Å². The zero-order valence-electron chi connectivity index (χ0n) is 10.5. The number of aromatic nitrogens is 2. The topological polar surface area (TPSA) is 29.9 Å². The number of anilines is 1. The van der Waals surface area contributed by atoms with Crippen LogP contribution in [0.3, 0.4) is 0 Å². The lowest BCUT2D eigenvalue weighted by atomic mass is 10.0. The molecule has 0 bridgehead atoms. The molecule has 3 nitrogen and oxygen atoms in total. The summed E-state index contributed by atoms with van der Waals surface area (Å²) in [6, 6.07) is 14.8. The van der Waals surface area contributed by atoms with Crippen LogP contribution in [0.5, 0.6) is 0 Å². The number of hydrogen-bond acceptors (Lipinski definition) is 2. The quantitative estimate of drug-likeness (QED) is 0.741. The van der Waals surface area contributed by atoms with Crippen LogP contribution in [-0.2, 0) is 7.05 Å². The van der Waals surface area contributed by atoms with Crippen molar-refractivity contribution >= 4 is 16.7 Å². The largest absolute Gasteiger partial charge is 0.388 e. The summed E-state index contributed by atoms with van der Waals surface area (Å²) >= 11 is 0. The maximum absolute atomic E-state index is 4.39. The summed E-state index contributed by atoms with van der Waals surface area (Å²) < 4.78 is 2.03. The van der Waals surface area contributed by atoms with Crippen molar-refractivity contribution in [1.82, 2.24) is 9.55 Å². The van der Waals surface area contributed by atoms with Gasteiger partial charge in [-0.25, -0.2) is 4.98 Å². The lowest BCUT2D eigenvalue weighted by Crippen LogP contribution is -1.88. The van der Waals surface area contributed by atoms with E-state index < -0.39 is 0 Å². The predicted molar refractivity (Wildman–Crippen MR) is 75.7 cm³/mol. The number of nitrogens with one attached hydrogen (secondary N) is 1. The van der Waals surface area contributed by atoms with Gasteiger partial charge < -0.3 is 9.88 Å². The van der Waals surface area contributed by atoms with E-state index in [4.69, 9.17) is 0 Å². The van der Waals surface area contributed by atoms with Gasteiger partial charge in [0.1, 0.15) is 0 Å². The van der Waals surface area contributed by atoms with Crippen molar-refractivity contribution in [1.29, 1.82) is 0 Å². The van der Waals surface area contributed by atoms with E-state index in [2.05, 4.69) is 52.8 Å². The zero-order valence-corrected chi connectivity index (χ0v) is 10.5. The molecule has 0 aliphatic heterocycles. The van der Waals surface area contributed by atoms with Crippen LogP contribution in [0.25, 0.3) is 22.2 Å². The second-order valence-corrected chi connectivity index (χ2v) is 4.39. The third kappa shape index (κ3) is 1.74. The van der Waals surface area contributed by atoms with Gasteiger partial charge in [0.05, 0.1) is 17.4 Å². The second-order valence-electron chi connectivity index (χ2n) is 4.39. The van der Waals surface area contributed by atoms with Gasteiger partial charge in [0.15, 0.2) is 0 Å². The fraction of sp³-hybridized carbons (Fsp3) is 0.133. The summed E-state index contributed by atoms with van der Waals surface area (Å²) in [5, 5.41) is 3.16. The summed E-state index contributed by atoms with van der Waals surface area (Å²) in [6.45, 7) is 0. The summed E-state index contributed by atoms with van der Waals surface area (Å²) in [7, 11) is 3.94. The number of hydrogen-bond donors (Lipinski definition) is 1. The molecule has 0 amide bonds. The first kappa shape index (κ1) is 10.8. The maximum Gasteiger partial charge on any atom is 0.0955 e. The Balaban J connectivity index is 2.13. The van der Waals surface area contributed by atoms with Gasteiger partial charge in [-0.2, -0.15) is 0 Å². The van der Waals surface area contributed by atoms with Crippen molar-refractivity contribution in [3.63, 3.8) is 0 Å². The van der Waals surface area contributed by atoms with Gasteiger partial charge >= 0.3 is 0 Å². The van der Waals surface area contributed by atoms with Gasteiger partial charge in [0.2, 0.25) is 0 Å². The summed E-state index contributed by atoms with van der Waals surface area (Å²) in [5.41, 5.74) is 5.70. The van der Waals surface area contributed by atoms with Gasteiger partial charge in [-0.05, 0) is 35.4 Å². The Bertz CT molecular complexity index is 698. The molecule has 0 saturated heterocycles. The monoisotopic (exact) mass is 237 g/mol. The van der Waals surface area contributed by atoms with Gasteiger partial charge in [0.25, 0.3) is 0 Å². The molecule has 0 atom stereocenters. The Hall–Kier alpha value is -2.29. The van der Waals surface area contributed by atoms with Crippen LogP contribution >= 0.6 is 0 Å². The number of imidazole rings is 1. The van der Waals surface area contributed by atoms with Gasteiger partial charge in [-0.3, -0.25) is 0 Å². The molecule has 0 aliphatic rings. The van der Waals surface area contributed by atoms with Crippen molar-refractivity contribution in [3.05, 3.63) is 48.8 Å². The molecule has 0 aliphatic carbocycles. The first-order valence-corrected chi connectivity index (χ1v) is 5.97. The van der Waals surface area contributed by atoms with E-state index in [0.29, 0.717) is 0 Å². The highest BCUT2D eigenvalue weighted by atomic mass is 15.0. The van der Waals surface area contributed by atoms with Crippen LogP contribution < -0.4 is 5.32 Å². The minimum Gasteiger partial charge on any atom is -0.388 e. The molecule has 3 aromatic rings. The molecule has 18 heavy (non-hydrogen) atoms. The Kier molecular flexibility index (Phi) is 2.52. The van der Waals surface area contributed by atoms with Gasteiger partial charge in [-0.15, -0.1) is 0 Å². The fourth-order valence-corrected chi connectivity index (χ4v) is 2.17. The summed E-state index contributed by atoms with van der Waals surface area (Å²) in [6.07, 6.45) is 1.85. The third-order valence-electron chi connectivity index (χ3n) is 3.21. The molecular weight excluding hydrogens is 222 g/mol. The predicted octanol–water partition coefficient (Wildman–Crippen LogP) is 3.28. The fourth-order valence-electron chi connectivity index (χ4n) is 2.17. The molecule has 2 aromatic carbocycles. The molecule has 0 unspecified atom stereocenters. The van der Waals surface area contributed by atoms with E-state index in [1.54, 1.807) is 0 Å². The number of aryl methyl sites for hydroxylation is 1. The van der Waals surface area contributed by atoms with Crippen LogP contribution in [0.1, 0.15) is 0 Å². The summed E-state index contributed by atoms with van der Waals surface area (Å²) in [5.74, 6) is 0. The Labute approximate surface area is 106 Å². The van der Waals surface area contributed by atoms with E-state index in [9.17, 15) is 0 Å². The minimum absolute atomic E-state index is 1.03. The maximum atomic E-state index is 4.39. The van der Waals surface area contributed by atoms with Gasteiger partial charge in [-0.1, -0.05) is 18.2 Å². The van der Waals surface area contributed by atoms with Crippen molar-refractivity contribution in [3.8, 4) is 11.1 Å². The van der Waals surface area contributed by atoms with Crippen LogP contribution in [0.4, 0.5) is 5.69 Å². The summed E-state index contributed by atoms with van der Waals surface area (Å²) in [4.78, 5) is 4.39. The molecule has 1 aromatic heterocycles. The molecular formula is C15H15N3. The molecule has 0 spiro atoms. The molecule has 0 fully saturated rings. The molecule has 1 heterocycles. The minimum atomic E-state index is 1.03. The van der Waals surface area contributed by atoms with Crippen LogP contribution in [0.15, 0.2) is 48.8 Å². The van der Waals surface area contributed by atoms with Crippen molar-refractivity contribution in [2.75, 3.05) is 12.4 Å². The number of benzene rings is 2. The highest BCUT2D eigenvalue weighted by molar-refractivity contribution is 5.82. The third-order valence-corrected chi connectivity index (χ3v) is 3.21. The van der Waals surface area contributed by atoms with Gasteiger partial charge in [0, 0.05) is 19.8 Å². The lowest BCUT2D eigenvalue weighted by molar-refractivity contribution is 0.948. The second kappa shape index (κ2) is 4.18. The first-order chi connectivity index (χ1) is 8.78. The van der Waals surface area contributed by atoms with Crippen molar-refractivity contribution in [2.24, 2.45) is 7.05 Å². The zero-order chi connectivity index (χ0) is 12.5. The number of rotatable bonds is 2. The highest BCUT2D eigenvalue weighted by Gasteiger charge is 2.03. The first-order valence-electron chi connectivity index (χ1n) is 5.97. The Morgan fingerprint density at radius 1 is 1.06 bits per heavy atom. The smallest absolute Gasteiger partial charge is 0.0955 e. The molecule has 1 N–H and O–H groups in total. The Morgan fingerprint density at radius 3 is 2.72 bits per heavy atom. The Morgan fingerprint density at radius 2 is 1.89 bits per heavy atom. The van der Waals surface area contributed by atoms with E-state index >= 15 is 0 Å². The van der Waals surface area contributed by atoms with Crippen LogP contribution in [-0.4, -0.2) is 16.6 Å². The van der Waals surface area contributed by atoms with Crippen molar-refractivity contribution < 1.29 is 0 Å². The molecule has 0 saturated carbocycles. The molecule has 0 radical (unpaired) electrons. The van der Waals surface area contributed by atoms with Crippen LogP contribution in [0, 0.1) is 0 Å². The van der Waals surface area contributed by atoms with E-state index in [1.807, 2.05) is 25.0 Å². The molecule has 3 rings (SSSR count). The average molecular weight is 237 g/mol. The number of fused-ring (bicyclic) bond motifs is 1. The lowest BCUT2D eigenvalue weighted by Gasteiger charge is -2.05. The average Bonchev–Trinajstić information content (AvgIpc) is 2.80. The SMILES string of the molecule is CNc1cccc(-c2ccc3c(c2)ncn3C)c1. The highest BCUT2D eigenvalue weighted by Crippen LogP contribution is 2.25. The van der Waals surface area contributed by atoms with E-state index in [1.165, 1.54) is 11.1 Å². The molecule has 90 valence electrons. The van der Waals surface area contributed by atoms with E-state index in [-0.39, 0.29) is 0 Å². The van der Waals surface area contributed by atoms with Crippen LogP contribution in [0.2, 0.25) is 0 Å².